The Hall–Kier alpha value is -0.750. The molecule has 0 bridgehead atoms. The molecule has 22 heavy (non-hydrogen) atoms. The summed E-state index contributed by atoms with van der Waals surface area (Å²) in [4.78, 5) is 13.3. The van der Waals surface area contributed by atoms with Crippen molar-refractivity contribution in [1.29, 1.82) is 0 Å². The minimum atomic E-state index is -0.372. The predicted octanol–water partition coefficient (Wildman–Crippen LogP) is 6.76. The molecule has 0 saturated heterocycles. The number of carbonyl (C=O) groups is 1. The van der Waals surface area contributed by atoms with Crippen LogP contribution in [0.3, 0.4) is 0 Å². The van der Waals surface area contributed by atoms with Gasteiger partial charge in [0.2, 0.25) is 0 Å². The first-order chi connectivity index (χ1) is 10.2. The fraction of sp³-hybridized carbons (Fsp3) is 0.267. The highest BCUT2D eigenvalue weighted by atomic mass is 79.9. The summed E-state index contributed by atoms with van der Waals surface area (Å²) in [5, 5.41) is 6.21. The molecule has 1 aromatic carbocycles. The van der Waals surface area contributed by atoms with Crippen LogP contribution in [0.15, 0.2) is 28.1 Å². The lowest BCUT2D eigenvalue weighted by atomic mass is 9.95. The Labute approximate surface area is 152 Å². The number of carbonyl (C=O) groups excluding carboxylic acids is 1. The minimum Gasteiger partial charge on any atom is -0.306 e. The van der Waals surface area contributed by atoms with E-state index in [9.17, 15) is 4.79 Å². The van der Waals surface area contributed by atoms with Crippen molar-refractivity contribution in [1.82, 2.24) is 0 Å². The molecule has 3 nitrogen and oxygen atoms in total. The Morgan fingerprint density at radius 3 is 2.41 bits per heavy atom. The van der Waals surface area contributed by atoms with Crippen molar-refractivity contribution in [2.24, 2.45) is 0 Å². The Morgan fingerprint density at radius 2 is 1.82 bits per heavy atom. The van der Waals surface area contributed by atoms with Crippen LogP contribution < -0.4 is 10.6 Å². The van der Waals surface area contributed by atoms with Crippen molar-refractivity contribution in [3.63, 3.8) is 0 Å². The van der Waals surface area contributed by atoms with Crippen LogP contribution in [-0.4, -0.2) is 6.03 Å². The fourth-order valence-electron chi connectivity index (χ4n) is 1.70. The van der Waals surface area contributed by atoms with Gasteiger partial charge in [-0.3, -0.25) is 0 Å². The van der Waals surface area contributed by atoms with E-state index in [0.717, 1.165) is 9.47 Å². The van der Waals surface area contributed by atoms with Gasteiger partial charge in [-0.2, -0.15) is 0 Å². The average molecular weight is 422 g/mol. The molecule has 118 valence electrons. The van der Waals surface area contributed by atoms with Crippen LogP contribution >= 0.6 is 50.5 Å². The molecule has 0 spiro atoms. The van der Waals surface area contributed by atoms with E-state index in [1.807, 2.05) is 6.07 Å². The van der Waals surface area contributed by atoms with E-state index in [2.05, 4.69) is 47.3 Å². The molecule has 0 aliphatic heterocycles. The molecule has 0 atom stereocenters. The molecule has 2 amide bonds. The summed E-state index contributed by atoms with van der Waals surface area (Å²) in [5.74, 6) is 0. The van der Waals surface area contributed by atoms with Crippen molar-refractivity contribution in [2.45, 2.75) is 26.2 Å². The molecule has 0 fully saturated rings. The Balaban J connectivity index is 2.13. The lowest BCUT2D eigenvalue weighted by Crippen LogP contribution is -2.19. The summed E-state index contributed by atoms with van der Waals surface area (Å²) in [6, 6.07) is 6.67. The molecule has 0 unspecified atom stereocenters. The number of thiophene rings is 1. The molecular weight excluding hydrogens is 407 g/mol. The second-order valence-corrected chi connectivity index (χ2v) is 8.88. The van der Waals surface area contributed by atoms with Gasteiger partial charge in [0.05, 0.1) is 25.2 Å². The van der Waals surface area contributed by atoms with Crippen LogP contribution in [0.4, 0.5) is 16.2 Å². The molecule has 0 saturated carbocycles. The summed E-state index contributed by atoms with van der Waals surface area (Å²) in [6.45, 7) is 6.38. The van der Waals surface area contributed by atoms with Crippen molar-refractivity contribution in [2.75, 3.05) is 10.6 Å². The summed E-state index contributed by atoms with van der Waals surface area (Å²) >= 11 is 17.1. The molecule has 1 aromatic heterocycles. The number of nitrogens with one attached hydrogen (secondary N) is 2. The maximum atomic E-state index is 12.1. The summed E-state index contributed by atoms with van der Waals surface area (Å²) < 4.78 is 0.879. The van der Waals surface area contributed by atoms with E-state index in [4.69, 9.17) is 23.2 Å². The molecular formula is C15H15BrCl2N2OS. The van der Waals surface area contributed by atoms with Gasteiger partial charge in [-0.1, -0.05) is 50.0 Å². The smallest absolute Gasteiger partial charge is 0.306 e. The highest BCUT2D eigenvalue weighted by molar-refractivity contribution is 9.11. The Kier molecular flexibility index (Phi) is 5.43. The molecule has 2 N–H and O–H groups in total. The molecule has 2 aromatic rings. The van der Waals surface area contributed by atoms with Gasteiger partial charge >= 0.3 is 6.03 Å². The lowest BCUT2D eigenvalue weighted by Gasteiger charge is -2.15. The van der Waals surface area contributed by atoms with E-state index < -0.39 is 0 Å². The summed E-state index contributed by atoms with van der Waals surface area (Å²) in [6.07, 6.45) is 0. The van der Waals surface area contributed by atoms with Crippen molar-refractivity contribution < 1.29 is 4.79 Å². The number of anilines is 2. The first kappa shape index (κ1) is 17.6. The Bertz CT molecular complexity index is 710. The highest BCUT2D eigenvalue weighted by Crippen LogP contribution is 2.39. The van der Waals surface area contributed by atoms with Gasteiger partial charge in [0.15, 0.2) is 0 Å². The maximum Gasteiger partial charge on any atom is 0.323 e. The van der Waals surface area contributed by atoms with Gasteiger partial charge in [0.1, 0.15) is 0 Å². The lowest BCUT2D eigenvalue weighted by molar-refractivity contribution is 0.262. The van der Waals surface area contributed by atoms with E-state index in [0.29, 0.717) is 15.7 Å². The van der Waals surface area contributed by atoms with Crippen LogP contribution in [-0.2, 0) is 5.41 Å². The number of benzene rings is 1. The normalized spacial score (nSPS) is 11.4. The fourth-order valence-corrected chi connectivity index (χ4v) is 3.68. The first-order valence-electron chi connectivity index (χ1n) is 6.50. The van der Waals surface area contributed by atoms with Crippen LogP contribution in [0, 0.1) is 0 Å². The number of hydrogen-bond donors (Lipinski definition) is 2. The first-order valence-corrected chi connectivity index (χ1v) is 8.87. The standard InChI is InChI=1S/C15H15BrCl2N2OS/c1-15(2,3)11-7-10(13(16)22-11)20-14(21)19-9-6-4-5-8(17)12(9)18/h4-7H,1-3H3,(H2,19,20,21). The SMILES string of the molecule is CC(C)(C)c1cc(NC(=O)Nc2cccc(Cl)c2Cl)c(Br)s1. The van der Waals surface area contributed by atoms with Crippen molar-refractivity contribution >= 4 is 67.9 Å². The number of urea groups is 1. The molecule has 0 aliphatic rings. The third-order valence-corrected chi connectivity index (χ3v) is 5.95. The van der Waals surface area contributed by atoms with Crippen molar-refractivity contribution in [3.05, 3.63) is 43.0 Å². The predicted molar refractivity (Wildman–Crippen MR) is 99.8 cm³/mol. The zero-order valence-corrected chi connectivity index (χ0v) is 16.2. The molecule has 2 rings (SSSR count). The van der Waals surface area contributed by atoms with Gasteiger partial charge in [-0.15, -0.1) is 11.3 Å². The zero-order valence-electron chi connectivity index (χ0n) is 12.3. The van der Waals surface area contributed by atoms with Gasteiger partial charge in [-0.05, 0) is 39.5 Å². The van der Waals surface area contributed by atoms with E-state index in [-0.39, 0.29) is 11.4 Å². The topological polar surface area (TPSA) is 41.1 Å². The highest BCUT2D eigenvalue weighted by Gasteiger charge is 2.20. The minimum absolute atomic E-state index is 0.0276. The van der Waals surface area contributed by atoms with Crippen molar-refractivity contribution in [3.8, 4) is 0 Å². The average Bonchev–Trinajstić information content (AvgIpc) is 2.76. The third kappa shape index (κ3) is 4.16. The Morgan fingerprint density at radius 1 is 1.18 bits per heavy atom. The quantitative estimate of drug-likeness (QED) is 0.552. The second kappa shape index (κ2) is 6.79. The van der Waals surface area contributed by atoms with Crippen LogP contribution in [0.25, 0.3) is 0 Å². The van der Waals surface area contributed by atoms with E-state index >= 15 is 0 Å². The zero-order chi connectivity index (χ0) is 16.5. The van der Waals surface area contributed by atoms with Crippen LogP contribution in [0.1, 0.15) is 25.6 Å². The largest absolute Gasteiger partial charge is 0.323 e. The van der Waals surface area contributed by atoms with Gasteiger partial charge < -0.3 is 10.6 Å². The molecule has 1 heterocycles. The maximum absolute atomic E-state index is 12.1. The second-order valence-electron chi connectivity index (χ2n) is 5.73. The number of halogens is 3. The molecule has 0 radical (unpaired) electrons. The molecule has 0 aliphatic carbocycles. The van der Waals surface area contributed by atoms with Gasteiger partial charge in [0.25, 0.3) is 0 Å². The summed E-state index contributed by atoms with van der Waals surface area (Å²) in [5.41, 5.74) is 1.22. The number of hydrogen-bond acceptors (Lipinski definition) is 2. The number of amides is 2. The van der Waals surface area contributed by atoms with Crippen LogP contribution in [0.2, 0.25) is 10.0 Å². The van der Waals surface area contributed by atoms with Gasteiger partial charge in [0, 0.05) is 4.88 Å². The molecule has 7 heteroatoms. The van der Waals surface area contributed by atoms with Crippen LogP contribution in [0.5, 0.6) is 0 Å². The monoisotopic (exact) mass is 420 g/mol. The van der Waals surface area contributed by atoms with E-state index in [1.54, 1.807) is 29.5 Å². The summed E-state index contributed by atoms with van der Waals surface area (Å²) in [7, 11) is 0. The van der Waals surface area contributed by atoms with E-state index in [1.165, 1.54) is 4.88 Å². The third-order valence-electron chi connectivity index (χ3n) is 2.87. The number of rotatable bonds is 2. The van der Waals surface area contributed by atoms with Gasteiger partial charge in [-0.25, -0.2) is 4.79 Å².